The summed E-state index contributed by atoms with van der Waals surface area (Å²) < 4.78 is 0. The number of nitrogens with zero attached hydrogens (tertiary/aromatic N) is 1. The van der Waals surface area contributed by atoms with E-state index in [9.17, 15) is 14.9 Å². The quantitative estimate of drug-likeness (QED) is 0.489. The molecular weight excluding hydrogens is 344 g/mol. The molecule has 0 atom stereocenters. The molecule has 27 heavy (non-hydrogen) atoms. The topological polar surface area (TPSA) is 88.7 Å². The van der Waals surface area contributed by atoms with Crippen LogP contribution in [0.15, 0.2) is 42.5 Å². The molecule has 1 saturated carbocycles. The molecule has 142 valence electrons. The lowest BCUT2D eigenvalue weighted by atomic mass is 10.1. The number of rotatable bonds is 8. The van der Waals surface area contributed by atoms with Crippen molar-refractivity contribution in [3.8, 4) is 0 Å². The van der Waals surface area contributed by atoms with E-state index in [1.54, 1.807) is 12.1 Å². The summed E-state index contributed by atoms with van der Waals surface area (Å²) in [5.74, 6) is -0.317. The lowest BCUT2D eigenvalue weighted by molar-refractivity contribution is -0.872. The summed E-state index contributed by atoms with van der Waals surface area (Å²) in [5.41, 5.74) is 2.92. The highest BCUT2D eigenvalue weighted by atomic mass is 16.6. The van der Waals surface area contributed by atoms with Crippen molar-refractivity contribution in [1.82, 2.24) is 5.32 Å². The van der Waals surface area contributed by atoms with Gasteiger partial charge in [0.25, 0.3) is 11.6 Å². The Labute approximate surface area is 158 Å². The molecule has 1 amide bonds. The average molecular weight is 369 g/mol. The van der Waals surface area contributed by atoms with Crippen molar-refractivity contribution in [2.24, 2.45) is 0 Å². The number of nitro benzene ring substituents is 1. The van der Waals surface area contributed by atoms with Crippen LogP contribution in [0.2, 0.25) is 0 Å². The second-order valence-corrected chi connectivity index (χ2v) is 7.24. The molecule has 2 aromatic carbocycles. The van der Waals surface area contributed by atoms with E-state index in [1.807, 2.05) is 18.2 Å². The van der Waals surface area contributed by atoms with Crippen LogP contribution in [0.1, 0.15) is 34.3 Å². The van der Waals surface area contributed by atoms with Crippen LogP contribution >= 0.6 is 0 Å². The standard InChI is InChI=1S/C20H24N4O3/c1-23(2)13-16-6-4-3-5-15(16)12-21-20(25)14-7-10-18(22-17-8-9-17)19(11-14)24(26)27/h3-7,10-11,17,22H,8-9,12-13H2,1-2H3,(H,21,25)/p+1. The number of benzene rings is 2. The van der Waals surface area contributed by atoms with Gasteiger partial charge in [0, 0.05) is 29.8 Å². The van der Waals surface area contributed by atoms with Gasteiger partial charge in [-0.2, -0.15) is 0 Å². The summed E-state index contributed by atoms with van der Waals surface area (Å²) in [6.45, 7) is 1.25. The Morgan fingerprint density at radius 1 is 1.19 bits per heavy atom. The molecule has 2 aromatic rings. The number of nitrogens with one attached hydrogen (secondary N) is 3. The van der Waals surface area contributed by atoms with Gasteiger partial charge in [0.1, 0.15) is 12.2 Å². The van der Waals surface area contributed by atoms with Crippen LogP contribution in [-0.2, 0) is 13.1 Å². The van der Waals surface area contributed by atoms with Gasteiger partial charge < -0.3 is 15.5 Å². The van der Waals surface area contributed by atoms with E-state index in [0.29, 0.717) is 23.8 Å². The summed E-state index contributed by atoms with van der Waals surface area (Å²) in [6, 6.07) is 12.9. The third kappa shape index (κ3) is 5.04. The molecule has 0 aromatic heterocycles. The van der Waals surface area contributed by atoms with E-state index < -0.39 is 4.92 Å². The highest BCUT2D eigenvalue weighted by Gasteiger charge is 2.25. The Morgan fingerprint density at radius 2 is 1.89 bits per heavy atom. The summed E-state index contributed by atoms with van der Waals surface area (Å²) in [5, 5.41) is 17.4. The fourth-order valence-electron chi connectivity index (χ4n) is 2.95. The van der Waals surface area contributed by atoms with E-state index >= 15 is 0 Å². The van der Waals surface area contributed by atoms with Gasteiger partial charge in [-0.25, -0.2) is 0 Å². The van der Waals surface area contributed by atoms with Crippen molar-refractivity contribution in [2.75, 3.05) is 19.4 Å². The lowest BCUT2D eigenvalue weighted by Crippen LogP contribution is -3.04. The normalized spacial score (nSPS) is 13.4. The summed E-state index contributed by atoms with van der Waals surface area (Å²) in [7, 11) is 4.15. The monoisotopic (exact) mass is 369 g/mol. The predicted octanol–water partition coefficient (Wildman–Crippen LogP) is 1.74. The van der Waals surface area contributed by atoms with Crippen LogP contribution < -0.4 is 15.5 Å². The van der Waals surface area contributed by atoms with Crippen LogP contribution in [0.3, 0.4) is 0 Å². The summed E-state index contributed by atoms with van der Waals surface area (Å²) in [6.07, 6.45) is 2.04. The van der Waals surface area contributed by atoms with E-state index in [-0.39, 0.29) is 11.6 Å². The fourth-order valence-corrected chi connectivity index (χ4v) is 2.95. The maximum atomic E-state index is 12.5. The molecule has 0 spiro atoms. The third-order valence-electron chi connectivity index (χ3n) is 4.50. The van der Waals surface area contributed by atoms with Crippen molar-refractivity contribution < 1.29 is 14.6 Å². The number of anilines is 1. The second-order valence-electron chi connectivity index (χ2n) is 7.24. The molecule has 1 fully saturated rings. The minimum atomic E-state index is -0.448. The van der Waals surface area contributed by atoms with E-state index in [2.05, 4.69) is 30.8 Å². The molecule has 7 nitrogen and oxygen atoms in total. The predicted molar refractivity (Wildman–Crippen MR) is 104 cm³/mol. The Hall–Kier alpha value is -2.93. The molecule has 3 N–H and O–H groups in total. The highest BCUT2D eigenvalue weighted by molar-refractivity contribution is 5.95. The van der Waals surface area contributed by atoms with Crippen LogP contribution in [0.5, 0.6) is 0 Å². The molecule has 0 heterocycles. The summed E-state index contributed by atoms with van der Waals surface area (Å²) >= 11 is 0. The van der Waals surface area contributed by atoms with Gasteiger partial charge in [0.15, 0.2) is 0 Å². The molecular formula is C20H25N4O3+. The first kappa shape index (κ1) is 18.8. The Bertz CT molecular complexity index is 847. The van der Waals surface area contributed by atoms with Crippen LogP contribution in [0.4, 0.5) is 11.4 Å². The van der Waals surface area contributed by atoms with Crippen molar-refractivity contribution >= 4 is 17.3 Å². The zero-order valence-electron chi connectivity index (χ0n) is 15.6. The number of hydrogen-bond acceptors (Lipinski definition) is 4. The Morgan fingerprint density at radius 3 is 2.52 bits per heavy atom. The summed E-state index contributed by atoms with van der Waals surface area (Å²) in [4.78, 5) is 24.7. The van der Waals surface area contributed by atoms with Crippen molar-refractivity contribution in [1.29, 1.82) is 0 Å². The molecule has 0 aliphatic heterocycles. The van der Waals surface area contributed by atoms with Gasteiger partial charge >= 0.3 is 0 Å². The number of quaternary nitrogens is 1. The van der Waals surface area contributed by atoms with Gasteiger partial charge in [0.2, 0.25) is 0 Å². The first-order chi connectivity index (χ1) is 12.9. The van der Waals surface area contributed by atoms with E-state index in [1.165, 1.54) is 16.5 Å². The Kier molecular flexibility index (Phi) is 5.71. The van der Waals surface area contributed by atoms with Gasteiger partial charge in [-0.15, -0.1) is 0 Å². The second kappa shape index (κ2) is 8.18. The lowest BCUT2D eigenvalue weighted by Gasteiger charge is -2.13. The molecule has 7 heteroatoms. The van der Waals surface area contributed by atoms with Crippen LogP contribution in [-0.4, -0.2) is 31.0 Å². The minimum absolute atomic E-state index is 0.0637. The third-order valence-corrected chi connectivity index (χ3v) is 4.50. The smallest absolute Gasteiger partial charge is 0.293 e. The number of carbonyl (C=O) groups is 1. The maximum absolute atomic E-state index is 12.5. The molecule has 0 radical (unpaired) electrons. The van der Waals surface area contributed by atoms with Crippen LogP contribution in [0, 0.1) is 10.1 Å². The zero-order valence-corrected chi connectivity index (χ0v) is 15.6. The van der Waals surface area contributed by atoms with Crippen LogP contribution in [0.25, 0.3) is 0 Å². The Balaban J connectivity index is 1.71. The number of nitro groups is 1. The number of carbonyl (C=O) groups excluding carboxylic acids is 1. The molecule has 0 bridgehead atoms. The molecule has 1 aliphatic rings. The fraction of sp³-hybridized carbons (Fsp3) is 0.350. The molecule has 3 rings (SSSR count). The highest BCUT2D eigenvalue weighted by Crippen LogP contribution is 2.31. The molecule has 0 saturated heterocycles. The SMILES string of the molecule is C[NH+](C)Cc1ccccc1CNC(=O)c1ccc(NC2CC2)c([N+](=O)[O-])c1. The average Bonchev–Trinajstić information content (AvgIpc) is 3.44. The molecule has 0 unspecified atom stereocenters. The van der Waals surface area contributed by atoms with E-state index in [0.717, 1.165) is 24.9 Å². The van der Waals surface area contributed by atoms with E-state index in [4.69, 9.17) is 0 Å². The van der Waals surface area contributed by atoms with Gasteiger partial charge in [0.05, 0.1) is 19.0 Å². The van der Waals surface area contributed by atoms with Gasteiger partial charge in [-0.3, -0.25) is 14.9 Å². The number of hydrogen-bond donors (Lipinski definition) is 3. The van der Waals surface area contributed by atoms with Crippen molar-refractivity contribution in [3.05, 3.63) is 69.3 Å². The number of amides is 1. The van der Waals surface area contributed by atoms with Gasteiger partial charge in [-0.1, -0.05) is 24.3 Å². The maximum Gasteiger partial charge on any atom is 0.293 e. The van der Waals surface area contributed by atoms with Gasteiger partial charge in [-0.05, 0) is 30.5 Å². The largest absolute Gasteiger partial charge is 0.377 e. The van der Waals surface area contributed by atoms with Crippen molar-refractivity contribution in [2.45, 2.75) is 32.0 Å². The molecule has 1 aliphatic carbocycles. The first-order valence-electron chi connectivity index (χ1n) is 9.13. The minimum Gasteiger partial charge on any atom is -0.377 e. The zero-order chi connectivity index (χ0) is 19.4. The first-order valence-corrected chi connectivity index (χ1v) is 9.13. The van der Waals surface area contributed by atoms with Crippen molar-refractivity contribution in [3.63, 3.8) is 0 Å².